The predicted molar refractivity (Wildman–Crippen MR) is 85.4 cm³/mol. The molecule has 1 aliphatic carbocycles. The van der Waals surface area contributed by atoms with E-state index in [1.165, 1.54) is 0 Å². The molecule has 2 rings (SSSR count). The smallest absolute Gasteiger partial charge is 0.227 e. The lowest BCUT2D eigenvalue weighted by molar-refractivity contribution is -0.120. The van der Waals surface area contributed by atoms with Gasteiger partial charge in [-0.05, 0) is 82.4 Å². The first-order valence-corrected chi connectivity index (χ1v) is 7.95. The van der Waals surface area contributed by atoms with Crippen LogP contribution >= 0.6 is 38.5 Å². The third-order valence-corrected chi connectivity index (χ3v) is 4.66. The molecule has 1 aliphatic rings. The molecule has 3 nitrogen and oxygen atoms in total. The highest BCUT2D eigenvalue weighted by Crippen LogP contribution is 2.28. The molecule has 0 unspecified atom stereocenters. The molecular formula is C13H16BrIN2O. The van der Waals surface area contributed by atoms with Crippen molar-refractivity contribution in [3.8, 4) is 0 Å². The van der Waals surface area contributed by atoms with Gasteiger partial charge in [0.25, 0.3) is 0 Å². The number of carbonyl (C=O) groups is 1. The predicted octanol–water partition coefficient (Wildman–Crippen LogP) is 3.51. The van der Waals surface area contributed by atoms with Gasteiger partial charge in [-0.3, -0.25) is 4.79 Å². The van der Waals surface area contributed by atoms with E-state index in [1.807, 2.05) is 18.2 Å². The zero-order chi connectivity index (χ0) is 13.1. The minimum absolute atomic E-state index is 0.107. The molecule has 0 aliphatic heterocycles. The number of amides is 1. The lowest BCUT2D eigenvalue weighted by Gasteiger charge is -2.25. The van der Waals surface area contributed by atoms with Gasteiger partial charge >= 0.3 is 0 Å². The van der Waals surface area contributed by atoms with Crippen molar-refractivity contribution in [3.05, 3.63) is 26.2 Å². The van der Waals surface area contributed by atoms with Crippen LogP contribution in [0.25, 0.3) is 0 Å². The van der Waals surface area contributed by atoms with E-state index in [0.717, 1.165) is 39.4 Å². The average Bonchev–Trinajstić information content (AvgIpc) is 2.33. The van der Waals surface area contributed by atoms with Gasteiger partial charge in [0.2, 0.25) is 5.91 Å². The summed E-state index contributed by atoms with van der Waals surface area (Å²) in [5, 5.41) is 2.99. The maximum absolute atomic E-state index is 12.1. The quantitative estimate of drug-likeness (QED) is 0.716. The minimum atomic E-state index is 0.107. The Morgan fingerprint density at radius 1 is 1.33 bits per heavy atom. The van der Waals surface area contributed by atoms with Crippen molar-refractivity contribution < 1.29 is 4.79 Å². The summed E-state index contributed by atoms with van der Waals surface area (Å²) < 4.78 is 2.07. The standard InChI is InChI=1S/C13H16BrIN2O/c14-11-7-9(15)3-6-12(11)17-13(18)8-1-4-10(16)5-2-8/h3,6-8,10H,1-2,4-5,16H2,(H,17,18). The first kappa shape index (κ1) is 14.3. The number of carbonyl (C=O) groups excluding carboxylic acids is 1. The van der Waals surface area contributed by atoms with Gasteiger partial charge in [-0.2, -0.15) is 0 Å². The summed E-state index contributed by atoms with van der Waals surface area (Å²) in [7, 11) is 0. The molecule has 0 heterocycles. The normalized spacial score (nSPS) is 23.7. The molecule has 1 saturated carbocycles. The van der Waals surface area contributed by atoms with Crippen molar-refractivity contribution in [1.82, 2.24) is 0 Å². The van der Waals surface area contributed by atoms with Gasteiger partial charge in [-0.25, -0.2) is 0 Å². The second-order valence-electron chi connectivity index (χ2n) is 4.73. The Labute approximate surface area is 129 Å². The Bertz CT molecular complexity index is 445. The Kier molecular flexibility index (Phi) is 5.03. The van der Waals surface area contributed by atoms with Crippen LogP contribution in [0.2, 0.25) is 0 Å². The number of halogens is 2. The summed E-state index contributed by atoms with van der Waals surface area (Å²) >= 11 is 5.71. The lowest BCUT2D eigenvalue weighted by atomic mass is 9.86. The second kappa shape index (κ2) is 6.34. The highest BCUT2D eigenvalue weighted by atomic mass is 127. The fourth-order valence-corrected chi connectivity index (χ4v) is 3.60. The van der Waals surface area contributed by atoms with E-state index in [1.54, 1.807) is 0 Å². The summed E-state index contributed by atoms with van der Waals surface area (Å²) in [5.41, 5.74) is 6.69. The van der Waals surface area contributed by atoms with Gasteiger partial charge < -0.3 is 11.1 Å². The van der Waals surface area contributed by atoms with Crippen LogP contribution in [0.5, 0.6) is 0 Å². The number of nitrogens with one attached hydrogen (secondary N) is 1. The lowest BCUT2D eigenvalue weighted by Crippen LogP contribution is -2.32. The fourth-order valence-electron chi connectivity index (χ4n) is 2.21. The van der Waals surface area contributed by atoms with E-state index in [-0.39, 0.29) is 17.9 Å². The first-order chi connectivity index (χ1) is 8.56. The monoisotopic (exact) mass is 422 g/mol. The minimum Gasteiger partial charge on any atom is -0.328 e. The number of rotatable bonds is 2. The number of hydrogen-bond acceptors (Lipinski definition) is 2. The van der Waals surface area contributed by atoms with Crippen LogP contribution in [-0.4, -0.2) is 11.9 Å². The van der Waals surface area contributed by atoms with Crippen molar-refractivity contribution in [2.75, 3.05) is 5.32 Å². The average molecular weight is 423 g/mol. The Morgan fingerprint density at radius 3 is 2.61 bits per heavy atom. The molecule has 1 aromatic rings. The third kappa shape index (κ3) is 3.68. The van der Waals surface area contributed by atoms with Crippen LogP contribution in [0, 0.1) is 9.49 Å². The molecule has 1 aromatic carbocycles. The molecule has 0 radical (unpaired) electrons. The highest BCUT2D eigenvalue weighted by Gasteiger charge is 2.24. The molecule has 3 N–H and O–H groups in total. The van der Waals surface area contributed by atoms with Crippen molar-refractivity contribution in [2.24, 2.45) is 11.7 Å². The van der Waals surface area contributed by atoms with Crippen LogP contribution in [0.1, 0.15) is 25.7 Å². The summed E-state index contributed by atoms with van der Waals surface area (Å²) in [4.78, 5) is 12.1. The molecular weight excluding hydrogens is 407 g/mol. The molecule has 0 spiro atoms. The molecule has 1 amide bonds. The van der Waals surface area contributed by atoms with Gasteiger partial charge in [-0.1, -0.05) is 0 Å². The van der Waals surface area contributed by atoms with E-state index in [2.05, 4.69) is 43.8 Å². The van der Waals surface area contributed by atoms with Crippen LogP contribution in [-0.2, 0) is 4.79 Å². The summed E-state index contributed by atoms with van der Waals surface area (Å²) in [5.74, 6) is 0.222. The van der Waals surface area contributed by atoms with Crippen LogP contribution < -0.4 is 11.1 Å². The molecule has 0 aromatic heterocycles. The first-order valence-electron chi connectivity index (χ1n) is 6.08. The van der Waals surface area contributed by atoms with E-state index in [9.17, 15) is 4.79 Å². The van der Waals surface area contributed by atoms with Crippen LogP contribution in [0.3, 0.4) is 0 Å². The SMILES string of the molecule is NC1CCC(C(=O)Nc2ccc(I)cc2Br)CC1. The van der Waals surface area contributed by atoms with Gasteiger partial charge in [0.05, 0.1) is 5.69 Å². The van der Waals surface area contributed by atoms with Gasteiger partial charge in [0.15, 0.2) is 0 Å². The zero-order valence-electron chi connectivity index (χ0n) is 9.96. The van der Waals surface area contributed by atoms with Crippen molar-refractivity contribution in [2.45, 2.75) is 31.7 Å². The van der Waals surface area contributed by atoms with E-state index < -0.39 is 0 Å². The number of anilines is 1. The van der Waals surface area contributed by atoms with Crippen molar-refractivity contribution in [3.63, 3.8) is 0 Å². The maximum Gasteiger partial charge on any atom is 0.227 e. The molecule has 1 fully saturated rings. The zero-order valence-corrected chi connectivity index (χ0v) is 13.7. The van der Waals surface area contributed by atoms with Crippen LogP contribution in [0.15, 0.2) is 22.7 Å². The molecule has 18 heavy (non-hydrogen) atoms. The van der Waals surface area contributed by atoms with E-state index >= 15 is 0 Å². The van der Waals surface area contributed by atoms with Gasteiger partial charge in [-0.15, -0.1) is 0 Å². The molecule has 98 valence electrons. The second-order valence-corrected chi connectivity index (χ2v) is 6.83. The summed E-state index contributed by atoms with van der Waals surface area (Å²) in [6.07, 6.45) is 3.70. The van der Waals surface area contributed by atoms with Gasteiger partial charge in [0.1, 0.15) is 0 Å². The van der Waals surface area contributed by atoms with Gasteiger partial charge in [0, 0.05) is 20.0 Å². The number of hydrogen-bond donors (Lipinski definition) is 2. The number of nitrogens with two attached hydrogens (primary N) is 1. The maximum atomic E-state index is 12.1. The fraction of sp³-hybridized carbons (Fsp3) is 0.462. The summed E-state index contributed by atoms with van der Waals surface area (Å²) in [6.45, 7) is 0. The van der Waals surface area contributed by atoms with Crippen molar-refractivity contribution >= 4 is 50.1 Å². The molecule has 0 saturated heterocycles. The largest absolute Gasteiger partial charge is 0.328 e. The van der Waals surface area contributed by atoms with Crippen molar-refractivity contribution in [1.29, 1.82) is 0 Å². The van der Waals surface area contributed by atoms with E-state index in [4.69, 9.17) is 5.73 Å². The Morgan fingerprint density at radius 2 is 2.00 bits per heavy atom. The topological polar surface area (TPSA) is 55.1 Å². The number of benzene rings is 1. The molecule has 0 atom stereocenters. The molecule has 0 bridgehead atoms. The summed E-state index contributed by atoms with van der Waals surface area (Å²) in [6, 6.07) is 6.18. The van der Waals surface area contributed by atoms with Crippen LogP contribution in [0.4, 0.5) is 5.69 Å². The Balaban J connectivity index is 1.98. The Hall–Kier alpha value is -0.140. The van der Waals surface area contributed by atoms with E-state index in [0.29, 0.717) is 0 Å². The highest BCUT2D eigenvalue weighted by molar-refractivity contribution is 14.1. The molecule has 5 heteroatoms. The third-order valence-electron chi connectivity index (χ3n) is 3.33.